The van der Waals surface area contributed by atoms with Crippen LogP contribution in [0.3, 0.4) is 0 Å². The summed E-state index contributed by atoms with van der Waals surface area (Å²) in [5.74, 6) is -0.939. The number of nitrogens with zero attached hydrogens (tertiary/aromatic N) is 2. The molecule has 3 aliphatic rings. The molecule has 1 unspecified atom stereocenters. The molecule has 3 amide bonds. The molecule has 29 heavy (non-hydrogen) atoms. The first-order valence-electron chi connectivity index (χ1n) is 10.3. The maximum absolute atomic E-state index is 12.7. The van der Waals surface area contributed by atoms with E-state index in [4.69, 9.17) is 0 Å². The molecular weight excluding hydrogens is 370 g/mol. The van der Waals surface area contributed by atoms with Crippen molar-refractivity contribution < 1.29 is 19.5 Å². The number of hydrogen-bond donors (Lipinski definition) is 2. The Bertz CT molecular complexity index is 843. The Morgan fingerprint density at radius 2 is 1.79 bits per heavy atom. The topological polar surface area (TPSA) is 89.9 Å². The van der Waals surface area contributed by atoms with Gasteiger partial charge in [0.25, 0.3) is 11.8 Å². The Morgan fingerprint density at radius 1 is 1.10 bits per heavy atom. The lowest BCUT2D eigenvalue weighted by atomic mass is 9.82. The number of benzene rings is 1. The molecule has 2 fully saturated rings. The summed E-state index contributed by atoms with van der Waals surface area (Å²) < 4.78 is 0. The van der Waals surface area contributed by atoms with Crippen LogP contribution in [-0.4, -0.2) is 64.8 Å². The Morgan fingerprint density at radius 3 is 2.41 bits per heavy atom. The summed E-state index contributed by atoms with van der Waals surface area (Å²) in [6.07, 6.45) is 3.98. The van der Waals surface area contributed by atoms with Crippen molar-refractivity contribution in [3.05, 3.63) is 47.2 Å². The van der Waals surface area contributed by atoms with Crippen LogP contribution in [0.5, 0.6) is 0 Å². The Balaban J connectivity index is 1.33. The van der Waals surface area contributed by atoms with Gasteiger partial charge in [0.1, 0.15) is 0 Å². The van der Waals surface area contributed by atoms with E-state index >= 15 is 0 Å². The molecule has 2 aliphatic heterocycles. The van der Waals surface area contributed by atoms with Crippen molar-refractivity contribution in [3.8, 4) is 0 Å². The average molecular weight is 397 g/mol. The predicted molar refractivity (Wildman–Crippen MR) is 107 cm³/mol. The first kappa shape index (κ1) is 19.5. The Hall–Kier alpha value is -2.83. The van der Waals surface area contributed by atoms with Crippen LogP contribution >= 0.6 is 0 Å². The maximum atomic E-state index is 12.7. The zero-order valence-electron chi connectivity index (χ0n) is 16.6. The molecule has 0 bridgehead atoms. The molecule has 1 saturated carbocycles. The van der Waals surface area contributed by atoms with Crippen LogP contribution in [0.15, 0.2) is 41.7 Å². The summed E-state index contributed by atoms with van der Waals surface area (Å²) in [5, 5.41) is 13.2. The number of likely N-dealkylation sites (tertiary alicyclic amines) is 1. The van der Waals surface area contributed by atoms with Crippen molar-refractivity contribution in [2.75, 3.05) is 20.1 Å². The summed E-state index contributed by atoms with van der Waals surface area (Å²) >= 11 is 0. The van der Waals surface area contributed by atoms with Gasteiger partial charge in [0, 0.05) is 26.1 Å². The van der Waals surface area contributed by atoms with Crippen LogP contribution in [0, 0.1) is 0 Å². The fraction of sp³-hybridized carbons (Fsp3) is 0.500. The second-order valence-corrected chi connectivity index (χ2v) is 8.33. The van der Waals surface area contributed by atoms with Gasteiger partial charge in [0.05, 0.1) is 18.2 Å². The summed E-state index contributed by atoms with van der Waals surface area (Å²) in [4.78, 5) is 39.9. The molecule has 2 N–H and O–H groups in total. The van der Waals surface area contributed by atoms with Crippen LogP contribution in [0.25, 0.3) is 0 Å². The van der Waals surface area contributed by atoms with Crippen molar-refractivity contribution in [1.82, 2.24) is 15.1 Å². The summed E-state index contributed by atoms with van der Waals surface area (Å²) in [6, 6.07) is 10.2. The van der Waals surface area contributed by atoms with E-state index in [1.807, 2.05) is 6.07 Å². The molecule has 154 valence electrons. The quantitative estimate of drug-likeness (QED) is 0.809. The fourth-order valence-corrected chi connectivity index (χ4v) is 4.67. The SMILES string of the molecule is CN1CC(N2CC(C(=O)NC3CCC(c4ccccc4)CC3)=C(O)C2=O)CC1=O. The molecule has 0 radical (unpaired) electrons. The van der Waals surface area contributed by atoms with Gasteiger partial charge in [-0.1, -0.05) is 30.3 Å². The summed E-state index contributed by atoms with van der Waals surface area (Å²) in [5.41, 5.74) is 1.45. The third-order valence-corrected chi connectivity index (χ3v) is 6.45. The molecule has 1 atom stereocenters. The van der Waals surface area contributed by atoms with Gasteiger partial charge in [0.2, 0.25) is 5.91 Å². The molecule has 1 saturated heterocycles. The number of aliphatic hydroxyl groups excluding tert-OH is 1. The van der Waals surface area contributed by atoms with Gasteiger partial charge in [-0.3, -0.25) is 14.4 Å². The maximum Gasteiger partial charge on any atom is 0.289 e. The average Bonchev–Trinajstić information content (AvgIpc) is 3.22. The molecule has 1 aromatic rings. The number of rotatable bonds is 4. The van der Waals surface area contributed by atoms with E-state index in [-0.39, 0.29) is 42.4 Å². The van der Waals surface area contributed by atoms with Gasteiger partial charge < -0.3 is 20.2 Å². The Kier molecular flexibility index (Phi) is 5.30. The van der Waals surface area contributed by atoms with Crippen LogP contribution < -0.4 is 5.32 Å². The van der Waals surface area contributed by atoms with E-state index in [1.54, 1.807) is 11.9 Å². The zero-order chi connectivity index (χ0) is 20.5. The van der Waals surface area contributed by atoms with Crippen molar-refractivity contribution in [3.63, 3.8) is 0 Å². The smallest absolute Gasteiger partial charge is 0.289 e. The number of hydrogen-bond acceptors (Lipinski definition) is 4. The largest absolute Gasteiger partial charge is 0.503 e. The number of nitrogens with one attached hydrogen (secondary N) is 1. The number of likely N-dealkylation sites (N-methyl/N-ethyl adjacent to an activating group) is 1. The van der Waals surface area contributed by atoms with Gasteiger partial charge in [-0.05, 0) is 37.2 Å². The van der Waals surface area contributed by atoms with Gasteiger partial charge in [0.15, 0.2) is 5.76 Å². The van der Waals surface area contributed by atoms with Gasteiger partial charge in [-0.2, -0.15) is 0 Å². The van der Waals surface area contributed by atoms with Crippen molar-refractivity contribution >= 4 is 17.7 Å². The van der Waals surface area contributed by atoms with E-state index in [1.165, 1.54) is 10.5 Å². The number of aliphatic hydroxyl groups is 1. The van der Waals surface area contributed by atoms with Gasteiger partial charge in [-0.25, -0.2) is 0 Å². The van der Waals surface area contributed by atoms with Crippen molar-refractivity contribution in [1.29, 1.82) is 0 Å². The molecule has 0 aromatic heterocycles. The molecule has 1 aromatic carbocycles. The fourth-order valence-electron chi connectivity index (χ4n) is 4.67. The second kappa shape index (κ2) is 7.89. The highest BCUT2D eigenvalue weighted by Crippen LogP contribution is 2.33. The van der Waals surface area contributed by atoms with Crippen LogP contribution in [0.2, 0.25) is 0 Å². The van der Waals surface area contributed by atoms with Gasteiger partial charge >= 0.3 is 0 Å². The predicted octanol–water partition coefficient (Wildman–Crippen LogP) is 1.71. The molecule has 0 spiro atoms. The van der Waals surface area contributed by atoms with Crippen LogP contribution in [0.4, 0.5) is 0 Å². The highest BCUT2D eigenvalue weighted by molar-refractivity contribution is 6.07. The number of carbonyl (C=O) groups is 3. The number of carbonyl (C=O) groups excluding carboxylic acids is 3. The second-order valence-electron chi connectivity index (χ2n) is 8.33. The molecule has 2 heterocycles. The molecule has 7 nitrogen and oxygen atoms in total. The van der Waals surface area contributed by atoms with E-state index in [9.17, 15) is 19.5 Å². The first-order chi connectivity index (χ1) is 13.9. The molecule has 7 heteroatoms. The number of amides is 3. The lowest BCUT2D eigenvalue weighted by Crippen LogP contribution is -2.41. The Labute approximate surface area is 170 Å². The highest BCUT2D eigenvalue weighted by atomic mass is 16.3. The lowest BCUT2D eigenvalue weighted by Gasteiger charge is -2.29. The normalized spacial score (nSPS) is 27.7. The van der Waals surface area contributed by atoms with E-state index < -0.39 is 11.7 Å². The minimum Gasteiger partial charge on any atom is -0.503 e. The van der Waals surface area contributed by atoms with Crippen LogP contribution in [0.1, 0.15) is 43.6 Å². The zero-order valence-corrected chi connectivity index (χ0v) is 16.6. The third-order valence-electron chi connectivity index (χ3n) is 6.45. The lowest BCUT2D eigenvalue weighted by molar-refractivity contribution is -0.129. The third kappa shape index (κ3) is 3.86. The summed E-state index contributed by atoms with van der Waals surface area (Å²) in [7, 11) is 1.69. The van der Waals surface area contributed by atoms with Crippen molar-refractivity contribution in [2.24, 2.45) is 0 Å². The van der Waals surface area contributed by atoms with E-state index in [0.717, 1.165) is 25.7 Å². The summed E-state index contributed by atoms with van der Waals surface area (Å²) in [6.45, 7) is 0.484. The molecule has 4 rings (SSSR count). The monoisotopic (exact) mass is 397 g/mol. The van der Waals surface area contributed by atoms with Gasteiger partial charge in [-0.15, -0.1) is 0 Å². The van der Waals surface area contributed by atoms with Crippen molar-refractivity contribution in [2.45, 2.75) is 50.1 Å². The van der Waals surface area contributed by atoms with Crippen LogP contribution in [-0.2, 0) is 14.4 Å². The molecular formula is C22H27N3O4. The van der Waals surface area contributed by atoms with E-state index in [2.05, 4.69) is 29.6 Å². The first-order valence-corrected chi connectivity index (χ1v) is 10.3. The minimum absolute atomic E-state index is 0.0321. The standard InChI is InChI=1S/C22H27N3O4/c1-24-12-17(11-19(24)26)25-13-18(20(27)22(25)29)21(28)23-16-9-7-15(8-10-16)14-5-3-2-4-6-14/h2-6,15-17,27H,7-13H2,1H3,(H,23,28). The highest BCUT2D eigenvalue weighted by Gasteiger charge is 2.42. The molecule has 1 aliphatic carbocycles. The van der Waals surface area contributed by atoms with E-state index in [0.29, 0.717) is 12.5 Å². The minimum atomic E-state index is -0.559.